The van der Waals surface area contributed by atoms with E-state index < -0.39 is 12.0 Å². The van der Waals surface area contributed by atoms with Crippen molar-refractivity contribution in [2.45, 2.75) is 13.0 Å². The predicted molar refractivity (Wildman–Crippen MR) is 112 cm³/mol. The number of para-hydroxylation sites is 1. The number of nitrogens with zero attached hydrogens (tertiary/aromatic N) is 3. The van der Waals surface area contributed by atoms with Gasteiger partial charge in [0.25, 0.3) is 0 Å². The first-order chi connectivity index (χ1) is 14.6. The number of benzene rings is 2. The Balaban J connectivity index is 1.89. The van der Waals surface area contributed by atoms with Gasteiger partial charge in [0, 0.05) is 5.39 Å². The molecule has 0 radical (unpaired) electrons. The number of nitrogens with one attached hydrogen (secondary N) is 1. The first kappa shape index (κ1) is 18.6. The number of carbonyl (C=O) groups excluding carboxylic acids is 1. The lowest BCUT2D eigenvalue weighted by atomic mass is 9.97. The number of fused-ring (bicyclic) bond motifs is 5. The normalized spacial score (nSPS) is 14.7. The third kappa shape index (κ3) is 2.74. The zero-order valence-electron chi connectivity index (χ0n) is 15.9. The quantitative estimate of drug-likeness (QED) is 0.375. The Bertz CT molecular complexity index is 1290. The van der Waals surface area contributed by atoms with Crippen molar-refractivity contribution in [3.05, 3.63) is 82.6 Å². The molecule has 2 aromatic heterocycles. The smallest absolute Gasteiger partial charge is 0.340 e. The Morgan fingerprint density at radius 2 is 1.97 bits per heavy atom. The summed E-state index contributed by atoms with van der Waals surface area (Å²) in [5, 5.41) is 4.34. The summed E-state index contributed by atoms with van der Waals surface area (Å²) in [6.07, 6.45) is 1.38. The van der Waals surface area contributed by atoms with Crippen LogP contribution < -0.4 is 5.32 Å². The molecule has 0 amide bonds. The standard InChI is InChI=1S/C22H16ClFN4O2/c1-2-30-22(29)16-14-5-3-4-6-15(14)28-19(16)17(12-7-9-13(24)10-8-12)27-18-20(23)25-11-26-21(18)28/h3-11,17,27H,2H2,1H3. The number of ether oxygens (including phenoxy) is 1. The molecule has 150 valence electrons. The minimum Gasteiger partial charge on any atom is -0.462 e. The van der Waals surface area contributed by atoms with E-state index in [-0.39, 0.29) is 17.6 Å². The number of rotatable bonds is 3. The van der Waals surface area contributed by atoms with E-state index >= 15 is 0 Å². The summed E-state index contributed by atoms with van der Waals surface area (Å²) in [6.45, 7) is 2.01. The lowest BCUT2D eigenvalue weighted by Gasteiger charge is -2.30. The highest BCUT2D eigenvalue weighted by atomic mass is 35.5. The zero-order chi connectivity index (χ0) is 20.8. The van der Waals surface area contributed by atoms with E-state index in [4.69, 9.17) is 16.3 Å². The first-order valence-corrected chi connectivity index (χ1v) is 9.81. The Labute approximate surface area is 176 Å². The van der Waals surface area contributed by atoms with Crippen LogP contribution in [0.15, 0.2) is 54.9 Å². The number of anilines is 1. The predicted octanol–water partition coefficient (Wildman–Crippen LogP) is 4.90. The zero-order valence-corrected chi connectivity index (χ0v) is 16.7. The van der Waals surface area contributed by atoms with Crippen LogP contribution in [-0.2, 0) is 4.74 Å². The van der Waals surface area contributed by atoms with Crippen LogP contribution in [0.4, 0.5) is 10.1 Å². The summed E-state index contributed by atoms with van der Waals surface area (Å²) in [7, 11) is 0. The highest BCUT2D eigenvalue weighted by Crippen LogP contribution is 2.44. The second-order valence-electron chi connectivity index (χ2n) is 6.83. The topological polar surface area (TPSA) is 69.0 Å². The van der Waals surface area contributed by atoms with Gasteiger partial charge in [0.1, 0.15) is 17.8 Å². The molecule has 2 aromatic carbocycles. The van der Waals surface area contributed by atoms with Gasteiger partial charge in [-0.05, 0) is 30.7 Å². The molecule has 0 aliphatic carbocycles. The average molecular weight is 423 g/mol. The lowest BCUT2D eigenvalue weighted by molar-refractivity contribution is 0.0527. The maximum atomic E-state index is 13.6. The van der Waals surface area contributed by atoms with Crippen molar-refractivity contribution in [2.24, 2.45) is 0 Å². The van der Waals surface area contributed by atoms with E-state index in [1.54, 1.807) is 19.1 Å². The number of halogens is 2. The van der Waals surface area contributed by atoms with Gasteiger partial charge in [-0.2, -0.15) is 0 Å². The van der Waals surface area contributed by atoms with Gasteiger partial charge in [0.15, 0.2) is 11.0 Å². The number of hydrogen-bond donors (Lipinski definition) is 1. The van der Waals surface area contributed by atoms with Gasteiger partial charge in [-0.25, -0.2) is 19.2 Å². The van der Waals surface area contributed by atoms with Crippen molar-refractivity contribution >= 4 is 34.2 Å². The molecule has 30 heavy (non-hydrogen) atoms. The second-order valence-corrected chi connectivity index (χ2v) is 7.18. The molecule has 0 spiro atoms. The van der Waals surface area contributed by atoms with Gasteiger partial charge in [-0.3, -0.25) is 4.57 Å². The SMILES string of the molecule is CCOC(=O)c1c2n(c3ccccc13)-c1ncnc(Cl)c1NC2c1ccc(F)cc1. The Kier molecular flexibility index (Phi) is 4.40. The van der Waals surface area contributed by atoms with Gasteiger partial charge in [-0.15, -0.1) is 0 Å². The van der Waals surface area contributed by atoms with E-state index in [0.29, 0.717) is 22.8 Å². The Morgan fingerprint density at radius 3 is 2.73 bits per heavy atom. The van der Waals surface area contributed by atoms with Crippen LogP contribution in [0.3, 0.4) is 0 Å². The molecule has 0 saturated carbocycles. The summed E-state index contributed by atoms with van der Waals surface area (Å²) in [5.74, 6) is -0.238. The first-order valence-electron chi connectivity index (χ1n) is 9.43. The van der Waals surface area contributed by atoms with Crippen molar-refractivity contribution in [3.63, 3.8) is 0 Å². The molecule has 1 aliphatic rings. The van der Waals surface area contributed by atoms with Crippen molar-refractivity contribution in [1.82, 2.24) is 14.5 Å². The van der Waals surface area contributed by atoms with Crippen LogP contribution in [0.2, 0.25) is 5.15 Å². The minimum absolute atomic E-state index is 0.247. The van der Waals surface area contributed by atoms with E-state index in [1.165, 1.54) is 18.5 Å². The molecule has 5 rings (SSSR count). The molecule has 3 heterocycles. The molecule has 0 fully saturated rings. The maximum Gasteiger partial charge on any atom is 0.340 e. The summed E-state index contributed by atoms with van der Waals surface area (Å²) in [4.78, 5) is 21.5. The highest BCUT2D eigenvalue weighted by Gasteiger charge is 2.36. The fraction of sp³-hybridized carbons (Fsp3) is 0.136. The van der Waals surface area contributed by atoms with E-state index in [2.05, 4.69) is 15.3 Å². The molecule has 0 bridgehead atoms. The summed E-state index contributed by atoms with van der Waals surface area (Å²) in [5.41, 5.74) is 3.19. The van der Waals surface area contributed by atoms with Crippen molar-refractivity contribution in [1.29, 1.82) is 0 Å². The molecule has 1 aliphatic heterocycles. The van der Waals surface area contributed by atoms with E-state index in [9.17, 15) is 9.18 Å². The maximum absolute atomic E-state index is 13.6. The molecular formula is C22H16ClFN4O2. The largest absolute Gasteiger partial charge is 0.462 e. The molecule has 1 unspecified atom stereocenters. The molecule has 4 aromatic rings. The van der Waals surface area contributed by atoms with E-state index in [0.717, 1.165) is 16.5 Å². The Hall–Kier alpha value is -3.45. The van der Waals surface area contributed by atoms with Crippen LogP contribution in [0.25, 0.3) is 16.7 Å². The third-order valence-corrected chi connectivity index (χ3v) is 5.44. The van der Waals surface area contributed by atoms with Gasteiger partial charge >= 0.3 is 5.97 Å². The monoisotopic (exact) mass is 422 g/mol. The molecule has 0 saturated heterocycles. The van der Waals surface area contributed by atoms with Crippen LogP contribution in [-0.4, -0.2) is 27.1 Å². The third-order valence-electron chi connectivity index (χ3n) is 5.15. The highest BCUT2D eigenvalue weighted by molar-refractivity contribution is 6.32. The molecule has 8 heteroatoms. The van der Waals surface area contributed by atoms with E-state index in [1.807, 2.05) is 28.8 Å². The fourth-order valence-electron chi connectivity index (χ4n) is 3.94. The van der Waals surface area contributed by atoms with Gasteiger partial charge in [-0.1, -0.05) is 41.9 Å². The van der Waals surface area contributed by atoms with Crippen LogP contribution in [0, 0.1) is 5.82 Å². The lowest BCUT2D eigenvalue weighted by Crippen LogP contribution is -2.26. The van der Waals surface area contributed by atoms with Gasteiger partial charge < -0.3 is 10.1 Å². The Morgan fingerprint density at radius 1 is 1.20 bits per heavy atom. The molecular weight excluding hydrogens is 407 g/mol. The second kappa shape index (κ2) is 7.11. The van der Waals surface area contributed by atoms with Crippen molar-refractivity contribution in [3.8, 4) is 5.82 Å². The summed E-state index contributed by atoms with van der Waals surface area (Å²) in [6, 6.07) is 13.2. The minimum atomic E-state index is -0.492. The summed E-state index contributed by atoms with van der Waals surface area (Å²) < 4.78 is 20.9. The molecule has 6 nitrogen and oxygen atoms in total. The number of hydrogen-bond acceptors (Lipinski definition) is 5. The van der Waals surface area contributed by atoms with Crippen molar-refractivity contribution in [2.75, 3.05) is 11.9 Å². The van der Waals surface area contributed by atoms with Crippen LogP contribution >= 0.6 is 11.6 Å². The number of carbonyl (C=O) groups is 1. The fourth-order valence-corrected chi connectivity index (χ4v) is 4.12. The molecule has 1 atom stereocenters. The molecule has 1 N–H and O–H groups in total. The van der Waals surface area contributed by atoms with Crippen LogP contribution in [0.5, 0.6) is 0 Å². The van der Waals surface area contributed by atoms with Gasteiger partial charge in [0.2, 0.25) is 0 Å². The van der Waals surface area contributed by atoms with Gasteiger partial charge in [0.05, 0.1) is 29.4 Å². The van der Waals surface area contributed by atoms with Crippen molar-refractivity contribution < 1.29 is 13.9 Å². The average Bonchev–Trinajstić information content (AvgIpc) is 3.10. The summed E-state index contributed by atoms with van der Waals surface area (Å²) >= 11 is 6.38. The number of esters is 1. The number of aromatic nitrogens is 3. The van der Waals surface area contributed by atoms with Crippen LogP contribution in [0.1, 0.15) is 34.6 Å².